The first-order valence-electron chi connectivity index (χ1n) is 6.42. The molecule has 1 rings (SSSR count). The molecule has 1 amide bonds. The Morgan fingerprint density at radius 1 is 1.58 bits per heavy atom. The van der Waals surface area contributed by atoms with E-state index >= 15 is 0 Å². The molecule has 0 spiro atoms. The Labute approximate surface area is 113 Å². The summed E-state index contributed by atoms with van der Waals surface area (Å²) in [5, 5.41) is 6.83. The molecule has 0 saturated carbocycles. The first-order chi connectivity index (χ1) is 8.85. The van der Waals surface area contributed by atoms with E-state index in [1.807, 2.05) is 27.7 Å². The van der Waals surface area contributed by atoms with Gasteiger partial charge >= 0.3 is 6.09 Å². The fourth-order valence-electron chi connectivity index (χ4n) is 1.60. The fraction of sp³-hybridized carbons (Fsp3) is 0.750. The second kappa shape index (κ2) is 6.51. The molecule has 0 radical (unpaired) electrons. The van der Waals surface area contributed by atoms with Crippen molar-refractivity contribution >= 4 is 6.09 Å². The number of rotatable bonds is 5. The third-order valence-electron chi connectivity index (χ3n) is 2.43. The minimum atomic E-state index is -0.521. The van der Waals surface area contributed by atoms with Crippen LogP contribution in [0.15, 0.2) is 6.33 Å². The smallest absolute Gasteiger partial charge is 0.407 e. The summed E-state index contributed by atoms with van der Waals surface area (Å²) in [7, 11) is 0. The van der Waals surface area contributed by atoms with Crippen LogP contribution in [0.1, 0.15) is 33.5 Å². The third-order valence-corrected chi connectivity index (χ3v) is 2.43. The largest absolute Gasteiger partial charge is 0.444 e. The molecule has 0 saturated heterocycles. The summed E-state index contributed by atoms with van der Waals surface area (Å²) in [6.45, 7) is 8.49. The normalized spacial score (nSPS) is 13.1. The van der Waals surface area contributed by atoms with E-state index in [2.05, 4.69) is 15.4 Å². The number of aromatic nitrogens is 3. The van der Waals surface area contributed by atoms with E-state index in [0.717, 1.165) is 12.4 Å². The lowest BCUT2D eigenvalue weighted by Crippen LogP contribution is -2.44. The number of hydrogen-bond donors (Lipinski definition) is 2. The van der Waals surface area contributed by atoms with Crippen LogP contribution in [0.25, 0.3) is 0 Å². The highest BCUT2D eigenvalue weighted by atomic mass is 16.6. The van der Waals surface area contributed by atoms with Crippen molar-refractivity contribution in [3.05, 3.63) is 12.2 Å². The van der Waals surface area contributed by atoms with Crippen molar-refractivity contribution in [3.8, 4) is 0 Å². The lowest BCUT2D eigenvalue weighted by Gasteiger charge is -2.22. The lowest BCUT2D eigenvalue weighted by atomic mass is 10.2. The number of nitrogens with two attached hydrogens (primary N) is 1. The molecular formula is C12H23N5O2. The number of aryl methyl sites for hydroxylation is 1. The highest BCUT2D eigenvalue weighted by Gasteiger charge is 2.20. The Hall–Kier alpha value is -1.63. The average Bonchev–Trinajstić information content (AvgIpc) is 2.72. The van der Waals surface area contributed by atoms with Gasteiger partial charge in [0, 0.05) is 19.5 Å². The van der Waals surface area contributed by atoms with E-state index < -0.39 is 11.7 Å². The first kappa shape index (κ1) is 15.4. The Morgan fingerprint density at radius 3 is 2.79 bits per heavy atom. The molecule has 0 aliphatic carbocycles. The Bertz CT molecular complexity index is 410. The van der Waals surface area contributed by atoms with Crippen LogP contribution in [-0.4, -0.2) is 39.0 Å². The van der Waals surface area contributed by atoms with Gasteiger partial charge in [-0.1, -0.05) is 0 Å². The van der Waals surface area contributed by atoms with Gasteiger partial charge in [-0.15, -0.1) is 0 Å². The summed E-state index contributed by atoms with van der Waals surface area (Å²) in [5.41, 5.74) is 5.14. The van der Waals surface area contributed by atoms with Crippen LogP contribution in [0.3, 0.4) is 0 Å². The van der Waals surface area contributed by atoms with Crippen LogP contribution in [-0.2, 0) is 17.7 Å². The molecule has 19 heavy (non-hydrogen) atoms. The van der Waals surface area contributed by atoms with E-state index in [4.69, 9.17) is 10.5 Å². The summed E-state index contributed by atoms with van der Waals surface area (Å²) in [6, 6.07) is -0.218. The topological polar surface area (TPSA) is 95.1 Å². The zero-order valence-electron chi connectivity index (χ0n) is 12.0. The summed E-state index contributed by atoms with van der Waals surface area (Å²) in [5.74, 6) is 0.800. The second-order valence-electron chi connectivity index (χ2n) is 5.28. The van der Waals surface area contributed by atoms with E-state index in [1.165, 1.54) is 6.33 Å². The van der Waals surface area contributed by atoms with Gasteiger partial charge in [-0.2, -0.15) is 5.10 Å². The van der Waals surface area contributed by atoms with Gasteiger partial charge < -0.3 is 15.8 Å². The molecule has 1 aromatic heterocycles. The van der Waals surface area contributed by atoms with Crippen molar-refractivity contribution in [1.29, 1.82) is 0 Å². The van der Waals surface area contributed by atoms with Crippen LogP contribution < -0.4 is 11.1 Å². The van der Waals surface area contributed by atoms with Gasteiger partial charge in [-0.3, -0.25) is 4.68 Å². The maximum absolute atomic E-state index is 11.7. The number of nitrogens with zero attached hydrogens (tertiary/aromatic N) is 3. The molecule has 1 atom stereocenters. The zero-order chi connectivity index (χ0) is 14.5. The van der Waals surface area contributed by atoms with Gasteiger partial charge in [0.25, 0.3) is 0 Å². The van der Waals surface area contributed by atoms with Crippen molar-refractivity contribution in [2.24, 2.45) is 5.73 Å². The Morgan fingerprint density at radius 2 is 2.26 bits per heavy atom. The molecule has 1 aromatic rings. The van der Waals surface area contributed by atoms with Gasteiger partial charge in [0.15, 0.2) is 0 Å². The predicted molar refractivity (Wildman–Crippen MR) is 71.6 cm³/mol. The molecule has 1 unspecified atom stereocenters. The maximum Gasteiger partial charge on any atom is 0.407 e. The number of nitrogens with one attached hydrogen (secondary N) is 1. The van der Waals surface area contributed by atoms with Crippen molar-refractivity contribution in [2.45, 2.75) is 52.3 Å². The van der Waals surface area contributed by atoms with Gasteiger partial charge in [0.1, 0.15) is 17.8 Å². The Kier molecular flexibility index (Phi) is 5.29. The number of carbonyl (C=O) groups is 1. The van der Waals surface area contributed by atoms with Gasteiger partial charge in [0.2, 0.25) is 0 Å². The summed E-state index contributed by atoms with van der Waals surface area (Å²) in [6.07, 6.45) is 1.56. The monoisotopic (exact) mass is 269 g/mol. The number of hydrogen-bond acceptors (Lipinski definition) is 5. The molecular weight excluding hydrogens is 246 g/mol. The number of alkyl carbamates (subject to hydrolysis) is 1. The van der Waals surface area contributed by atoms with E-state index in [9.17, 15) is 4.79 Å². The van der Waals surface area contributed by atoms with Gasteiger partial charge in [0.05, 0.1) is 6.04 Å². The van der Waals surface area contributed by atoms with E-state index in [0.29, 0.717) is 13.0 Å². The minimum Gasteiger partial charge on any atom is -0.444 e. The van der Waals surface area contributed by atoms with Crippen molar-refractivity contribution in [1.82, 2.24) is 20.1 Å². The number of carbonyl (C=O) groups excluding carboxylic acids is 1. The van der Waals surface area contributed by atoms with Crippen molar-refractivity contribution in [2.75, 3.05) is 6.54 Å². The zero-order valence-corrected chi connectivity index (χ0v) is 12.0. The van der Waals surface area contributed by atoms with Crippen LogP contribution in [0.5, 0.6) is 0 Å². The van der Waals surface area contributed by atoms with Crippen molar-refractivity contribution in [3.63, 3.8) is 0 Å². The molecule has 0 aliphatic heterocycles. The quantitative estimate of drug-likeness (QED) is 0.820. The lowest BCUT2D eigenvalue weighted by molar-refractivity contribution is 0.0505. The van der Waals surface area contributed by atoms with Crippen LogP contribution in [0.4, 0.5) is 4.79 Å². The SMILES string of the molecule is CCn1ncnc1CC(CN)NC(=O)OC(C)(C)C. The molecule has 0 bridgehead atoms. The summed E-state index contributed by atoms with van der Waals surface area (Å²) in [4.78, 5) is 15.8. The molecule has 7 nitrogen and oxygen atoms in total. The maximum atomic E-state index is 11.7. The molecule has 0 fully saturated rings. The van der Waals surface area contributed by atoms with Gasteiger partial charge in [-0.25, -0.2) is 9.78 Å². The predicted octanol–water partition coefficient (Wildman–Crippen LogP) is 0.692. The summed E-state index contributed by atoms with van der Waals surface area (Å²) < 4.78 is 6.97. The van der Waals surface area contributed by atoms with Crippen LogP contribution in [0, 0.1) is 0 Å². The van der Waals surface area contributed by atoms with Gasteiger partial charge in [-0.05, 0) is 27.7 Å². The van der Waals surface area contributed by atoms with Crippen molar-refractivity contribution < 1.29 is 9.53 Å². The highest BCUT2D eigenvalue weighted by Crippen LogP contribution is 2.07. The van der Waals surface area contributed by atoms with E-state index in [1.54, 1.807) is 4.68 Å². The molecule has 108 valence electrons. The average molecular weight is 269 g/mol. The fourth-order valence-corrected chi connectivity index (χ4v) is 1.60. The molecule has 3 N–H and O–H groups in total. The molecule has 0 aliphatic rings. The standard InChI is InChI=1S/C12H23N5O2/c1-5-17-10(14-8-15-17)6-9(7-13)16-11(18)19-12(2,3)4/h8-9H,5-7,13H2,1-4H3,(H,16,18). The van der Waals surface area contributed by atoms with E-state index in [-0.39, 0.29) is 6.04 Å². The molecule has 0 aromatic carbocycles. The number of amides is 1. The third kappa shape index (κ3) is 5.25. The minimum absolute atomic E-state index is 0.218. The first-order valence-corrected chi connectivity index (χ1v) is 6.42. The molecule has 7 heteroatoms. The number of ether oxygens (including phenoxy) is 1. The van der Waals surface area contributed by atoms with Crippen LogP contribution >= 0.6 is 0 Å². The summed E-state index contributed by atoms with van der Waals surface area (Å²) >= 11 is 0. The van der Waals surface area contributed by atoms with Crippen LogP contribution in [0.2, 0.25) is 0 Å². The molecule has 1 heterocycles. The second-order valence-corrected chi connectivity index (χ2v) is 5.28. The highest BCUT2D eigenvalue weighted by molar-refractivity contribution is 5.68. The Balaban J connectivity index is 2.57.